The van der Waals surface area contributed by atoms with Crippen molar-refractivity contribution in [3.8, 4) is 0 Å². The molecule has 0 fully saturated rings. The number of nitrogens with zero attached hydrogens (tertiary/aromatic N) is 2. The molecule has 0 spiro atoms. The second-order valence-corrected chi connectivity index (χ2v) is 6.95. The molecule has 2 aromatic carbocycles. The molecule has 0 saturated carbocycles. The molecule has 2 amide bonds. The molecule has 0 atom stereocenters. The van der Waals surface area contributed by atoms with E-state index in [2.05, 4.69) is 28.7 Å². The lowest BCUT2D eigenvalue weighted by atomic mass is 10.0. The van der Waals surface area contributed by atoms with Crippen LogP contribution in [0.2, 0.25) is 5.02 Å². The van der Waals surface area contributed by atoms with Crippen molar-refractivity contribution in [2.75, 3.05) is 5.32 Å². The molecule has 0 unspecified atom stereocenters. The van der Waals surface area contributed by atoms with Crippen LogP contribution in [0.1, 0.15) is 36.1 Å². The average Bonchev–Trinajstić information content (AvgIpc) is 3.21. The van der Waals surface area contributed by atoms with Crippen LogP contribution in [-0.2, 0) is 25.9 Å². The zero-order chi connectivity index (χ0) is 19.9. The fraction of sp³-hybridized carbons (Fsp3) is 0.273. The highest BCUT2D eigenvalue weighted by atomic mass is 35.5. The number of hydrogen-bond acceptors (Lipinski definition) is 2. The van der Waals surface area contributed by atoms with Gasteiger partial charge in [-0.2, -0.15) is 5.10 Å². The molecular weight excluding hydrogens is 372 g/mol. The lowest BCUT2D eigenvalue weighted by molar-refractivity contribution is 0.251. The van der Waals surface area contributed by atoms with Crippen molar-refractivity contribution in [1.29, 1.82) is 0 Å². The predicted octanol–water partition coefficient (Wildman–Crippen LogP) is 5.03. The van der Waals surface area contributed by atoms with Crippen LogP contribution < -0.4 is 10.6 Å². The van der Waals surface area contributed by atoms with Crippen molar-refractivity contribution >= 4 is 23.3 Å². The van der Waals surface area contributed by atoms with E-state index in [0.717, 1.165) is 40.8 Å². The van der Waals surface area contributed by atoms with E-state index in [1.54, 1.807) is 6.20 Å². The van der Waals surface area contributed by atoms with Crippen LogP contribution in [0.4, 0.5) is 10.5 Å². The molecule has 0 aliphatic carbocycles. The molecule has 146 valence electrons. The Morgan fingerprint density at radius 3 is 2.50 bits per heavy atom. The molecule has 3 rings (SSSR count). The van der Waals surface area contributed by atoms with Gasteiger partial charge in [0, 0.05) is 24.0 Å². The SMILES string of the molecule is CCc1ccc(Cl)c(CC)c1NC(=O)NCc1ccccc1Cn1cccn1. The molecule has 0 aliphatic heterocycles. The number of rotatable bonds is 7. The van der Waals surface area contributed by atoms with Gasteiger partial charge >= 0.3 is 6.03 Å². The van der Waals surface area contributed by atoms with Crippen molar-refractivity contribution < 1.29 is 4.79 Å². The zero-order valence-corrected chi connectivity index (χ0v) is 17.0. The van der Waals surface area contributed by atoms with Crippen molar-refractivity contribution in [2.24, 2.45) is 0 Å². The Balaban J connectivity index is 1.70. The number of anilines is 1. The molecule has 0 radical (unpaired) electrons. The Kier molecular flexibility index (Phi) is 6.71. The number of halogens is 1. The Bertz CT molecular complexity index is 938. The molecule has 6 heteroatoms. The highest BCUT2D eigenvalue weighted by Crippen LogP contribution is 2.29. The second kappa shape index (κ2) is 9.42. The molecular formula is C22H25ClN4O. The van der Waals surface area contributed by atoms with Gasteiger partial charge in [-0.15, -0.1) is 0 Å². The van der Waals surface area contributed by atoms with Gasteiger partial charge in [0.05, 0.1) is 12.2 Å². The quantitative estimate of drug-likeness (QED) is 0.588. The van der Waals surface area contributed by atoms with E-state index < -0.39 is 0 Å². The van der Waals surface area contributed by atoms with E-state index in [9.17, 15) is 4.79 Å². The summed E-state index contributed by atoms with van der Waals surface area (Å²) in [5.74, 6) is 0. The fourth-order valence-corrected chi connectivity index (χ4v) is 3.54. The van der Waals surface area contributed by atoms with E-state index in [1.807, 2.05) is 54.2 Å². The first-order valence-electron chi connectivity index (χ1n) is 9.51. The minimum Gasteiger partial charge on any atom is -0.334 e. The van der Waals surface area contributed by atoms with Gasteiger partial charge in [0.25, 0.3) is 0 Å². The lowest BCUT2D eigenvalue weighted by Gasteiger charge is -2.17. The molecule has 1 aromatic heterocycles. The third kappa shape index (κ3) is 4.73. The third-order valence-corrected chi connectivity index (χ3v) is 5.12. The number of benzene rings is 2. The first-order chi connectivity index (χ1) is 13.6. The molecule has 2 N–H and O–H groups in total. The first-order valence-corrected chi connectivity index (χ1v) is 9.89. The summed E-state index contributed by atoms with van der Waals surface area (Å²) in [6.07, 6.45) is 5.27. The molecule has 1 heterocycles. The van der Waals surface area contributed by atoms with Gasteiger partial charge in [-0.25, -0.2) is 4.79 Å². The molecule has 3 aromatic rings. The van der Waals surface area contributed by atoms with Crippen molar-refractivity contribution in [3.63, 3.8) is 0 Å². The number of aromatic nitrogens is 2. The first kappa shape index (κ1) is 20.0. The Labute approximate surface area is 170 Å². The highest BCUT2D eigenvalue weighted by Gasteiger charge is 2.13. The predicted molar refractivity (Wildman–Crippen MR) is 114 cm³/mol. The highest BCUT2D eigenvalue weighted by molar-refractivity contribution is 6.31. The third-order valence-electron chi connectivity index (χ3n) is 4.76. The summed E-state index contributed by atoms with van der Waals surface area (Å²) in [7, 11) is 0. The number of carbonyl (C=O) groups is 1. The minimum atomic E-state index is -0.236. The summed E-state index contributed by atoms with van der Waals surface area (Å²) in [6, 6.07) is 13.6. The van der Waals surface area contributed by atoms with Crippen molar-refractivity contribution in [3.05, 3.63) is 82.1 Å². The number of nitrogens with one attached hydrogen (secondary N) is 2. The average molecular weight is 397 g/mol. The van der Waals surface area contributed by atoms with Gasteiger partial charge in [0.15, 0.2) is 0 Å². The smallest absolute Gasteiger partial charge is 0.319 e. The van der Waals surface area contributed by atoms with Crippen LogP contribution in [0.25, 0.3) is 0 Å². The summed E-state index contributed by atoms with van der Waals surface area (Å²) < 4.78 is 1.87. The number of amides is 2. The number of carbonyl (C=O) groups excluding carboxylic acids is 1. The van der Waals surface area contributed by atoms with E-state index in [4.69, 9.17) is 11.6 Å². The van der Waals surface area contributed by atoms with E-state index in [0.29, 0.717) is 18.1 Å². The topological polar surface area (TPSA) is 59.0 Å². The Morgan fingerprint density at radius 2 is 1.82 bits per heavy atom. The van der Waals surface area contributed by atoms with Gasteiger partial charge in [0.2, 0.25) is 0 Å². The molecule has 0 saturated heterocycles. The van der Waals surface area contributed by atoms with Gasteiger partial charge in [-0.3, -0.25) is 4.68 Å². The minimum absolute atomic E-state index is 0.236. The largest absolute Gasteiger partial charge is 0.334 e. The standard InChI is InChI=1S/C22H25ClN4O/c1-3-16-10-11-20(23)19(4-2)21(16)26-22(28)24-14-17-8-5-6-9-18(17)15-27-13-7-12-25-27/h5-13H,3-4,14-15H2,1-2H3,(H2,24,26,28). The van der Waals surface area contributed by atoms with E-state index in [-0.39, 0.29) is 6.03 Å². The maximum absolute atomic E-state index is 12.6. The number of hydrogen-bond donors (Lipinski definition) is 2. The second-order valence-electron chi connectivity index (χ2n) is 6.55. The maximum Gasteiger partial charge on any atom is 0.319 e. The van der Waals surface area contributed by atoms with Crippen molar-refractivity contribution in [2.45, 2.75) is 39.8 Å². The van der Waals surface area contributed by atoms with Crippen LogP contribution in [0.3, 0.4) is 0 Å². The number of urea groups is 1. The lowest BCUT2D eigenvalue weighted by Crippen LogP contribution is -2.29. The molecule has 28 heavy (non-hydrogen) atoms. The normalized spacial score (nSPS) is 10.7. The summed E-state index contributed by atoms with van der Waals surface area (Å²) >= 11 is 6.32. The van der Waals surface area contributed by atoms with Crippen molar-refractivity contribution in [1.82, 2.24) is 15.1 Å². The van der Waals surface area contributed by atoms with Gasteiger partial charge in [-0.05, 0) is 47.2 Å². The summed E-state index contributed by atoms with van der Waals surface area (Å²) in [5.41, 5.74) is 5.05. The molecule has 5 nitrogen and oxygen atoms in total. The van der Waals surface area contributed by atoms with Crippen LogP contribution in [0, 0.1) is 0 Å². The van der Waals surface area contributed by atoms with E-state index >= 15 is 0 Å². The van der Waals surface area contributed by atoms with E-state index in [1.165, 1.54) is 0 Å². The van der Waals surface area contributed by atoms with Crippen LogP contribution in [-0.4, -0.2) is 15.8 Å². The van der Waals surface area contributed by atoms with Gasteiger partial charge < -0.3 is 10.6 Å². The van der Waals surface area contributed by atoms with Crippen LogP contribution in [0.5, 0.6) is 0 Å². The van der Waals surface area contributed by atoms with Gasteiger partial charge in [-0.1, -0.05) is 55.8 Å². The Morgan fingerprint density at radius 1 is 1.04 bits per heavy atom. The fourth-order valence-electron chi connectivity index (χ4n) is 3.25. The van der Waals surface area contributed by atoms with Crippen LogP contribution in [0.15, 0.2) is 54.9 Å². The number of aryl methyl sites for hydroxylation is 1. The molecule has 0 aliphatic rings. The summed E-state index contributed by atoms with van der Waals surface area (Å²) in [5, 5.41) is 10.9. The Hall–Kier alpha value is -2.79. The van der Waals surface area contributed by atoms with Crippen LogP contribution >= 0.6 is 11.6 Å². The van der Waals surface area contributed by atoms with Gasteiger partial charge in [0.1, 0.15) is 0 Å². The molecule has 0 bridgehead atoms. The zero-order valence-electron chi connectivity index (χ0n) is 16.2. The maximum atomic E-state index is 12.6. The monoisotopic (exact) mass is 396 g/mol. The summed E-state index contributed by atoms with van der Waals surface area (Å²) in [4.78, 5) is 12.6. The summed E-state index contributed by atoms with van der Waals surface area (Å²) in [6.45, 7) is 5.21.